The molecule has 0 radical (unpaired) electrons. The lowest BCUT2D eigenvalue weighted by molar-refractivity contribution is 0.253. The van der Waals surface area contributed by atoms with Gasteiger partial charge in [0.2, 0.25) is 0 Å². The van der Waals surface area contributed by atoms with Gasteiger partial charge in [0.15, 0.2) is 0 Å². The zero-order chi connectivity index (χ0) is 10.9. The van der Waals surface area contributed by atoms with E-state index in [4.69, 9.17) is 0 Å². The molecule has 1 unspecified atom stereocenters. The van der Waals surface area contributed by atoms with Crippen molar-refractivity contribution >= 4 is 0 Å². The first-order valence-corrected chi connectivity index (χ1v) is 6.29. The topological polar surface area (TPSA) is 0 Å². The van der Waals surface area contributed by atoms with Gasteiger partial charge in [-0.2, -0.15) is 0 Å². The molecule has 0 aliphatic heterocycles. The van der Waals surface area contributed by atoms with E-state index in [1.807, 2.05) is 0 Å². The largest absolute Gasteiger partial charge is 0.0776 e. The molecule has 0 saturated heterocycles. The third-order valence-electron chi connectivity index (χ3n) is 4.36. The zero-order valence-electron chi connectivity index (χ0n) is 10.2. The Kier molecular flexibility index (Phi) is 4.18. The van der Waals surface area contributed by atoms with Crippen LogP contribution in [0.4, 0.5) is 0 Å². The highest BCUT2D eigenvalue weighted by Gasteiger charge is 2.37. The molecule has 0 heteroatoms. The van der Waals surface area contributed by atoms with Crippen molar-refractivity contribution in [3.63, 3.8) is 0 Å². The Bertz CT molecular complexity index is 338. The van der Waals surface area contributed by atoms with Crippen molar-refractivity contribution in [1.29, 1.82) is 0 Å². The predicted molar refractivity (Wildman–Crippen MR) is 72.9 cm³/mol. The number of aryl methyl sites for hydroxylation is 1. The second-order valence-corrected chi connectivity index (χ2v) is 5.18. The summed E-state index contributed by atoms with van der Waals surface area (Å²) in [7, 11) is 0. The molecule has 0 N–H and O–H groups in total. The van der Waals surface area contributed by atoms with Crippen LogP contribution in [0, 0.1) is 5.92 Å². The van der Waals surface area contributed by atoms with Crippen LogP contribution in [0.2, 0.25) is 0 Å². The van der Waals surface area contributed by atoms with Crippen molar-refractivity contribution in [2.75, 3.05) is 0 Å². The van der Waals surface area contributed by atoms with Gasteiger partial charge in [-0.05, 0) is 48.1 Å². The Morgan fingerprint density at radius 1 is 1.25 bits per heavy atom. The maximum Gasteiger partial charge on any atom is -0.00238 e. The van der Waals surface area contributed by atoms with Gasteiger partial charge in [-0.25, -0.2) is 0 Å². The molecule has 0 saturated carbocycles. The van der Waals surface area contributed by atoms with Crippen LogP contribution in [0.1, 0.15) is 58.6 Å². The fourth-order valence-corrected chi connectivity index (χ4v) is 3.33. The van der Waals surface area contributed by atoms with E-state index in [9.17, 15) is 0 Å². The molecule has 0 amide bonds. The molecule has 2 rings (SSSR count). The van der Waals surface area contributed by atoms with Crippen molar-refractivity contribution in [3.05, 3.63) is 35.4 Å². The Hall–Kier alpha value is -0.780. The molecule has 0 nitrogen and oxygen atoms in total. The van der Waals surface area contributed by atoms with Crippen LogP contribution in [-0.4, -0.2) is 0 Å². The van der Waals surface area contributed by atoms with Gasteiger partial charge in [-0.3, -0.25) is 0 Å². The molecule has 0 spiro atoms. The molecule has 1 atom stereocenters. The Morgan fingerprint density at radius 3 is 2.56 bits per heavy atom. The summed E-state index contributed by atoms with van der Waals surface area (Å²) >= 11 is 0. The van der Waals surface area contributed by atoms with E-state index >= 15 is 0 Å². The number of fused-ring (bicyclic) bond motifs is 1. The monoisotopic (exact) mass is 218 g/mol. The van der Waals surface area contributed by atoms with Crippen LogP contribution in [0.15, 0.2) is 24.3 Å². The van der Waals surface area contributed by atoms with Crippen molar-refractivity contribution in [1.82, 2.24) is 0 Å². The number of rotatable bonds is 2. The highest BCUT2D eigenvalue weighted by Crippen LogP contribution is 2.45. The van der Waals surface area contributed by atoms with Crippen molar-refractivity contribution in [2.24, 2.45) is 5.92 Å². The summed E-state index contributed by atoms with van der Waals surface area (Å²) in [6, 6.07) is 9.07. The van der Waals surface area contributed by atoms with Gasteiger partial charge in [0.25, 0.3) is 0 Å². The molecule has 1 aliphatic carbocycles. The Balaban J connectivity index is 0.00000128. The zero-order valence-corrected chi connectivity index (χ0v) is 10.2. The summed E-state index contributed by atoms with van der Waals surface area (Å²) in [5.74, 6) is 0.754. The molecule has 0 heterocycles. The summed E-state index contributed by atoms with van der Waals surface area (Å²) in [4.78, 5) is 0. The second-order valence-electron chi connectivity index (χ2n) is 5.18. The van der Waals surface area contributed by atoms with Crippen LogP contribution in [0.25, 0.3) is 0 Å². The van der Waals surface area contributed by atoms with Crippen LogP contribution < -0.4 is 0 Å². The minimum absolute atomic E-state index is 0. The Morgan fingerprint density at radius 2 is 1.94 bits per heavy atom. The van der Waals surface area contributed by atoms with E-state index in [0.29, 0.717) is 5.41 Å². The highest BCUT2D eigenvalue weighted by atomic mass is 14.4. The Labute approximate surface area is 101 Å². The molecule has 90 valence electrons. The minimum atomic E-state index is 0. The lowest BCUT2D eigenvalue weighted by Crippen LogP contribution is -2.35. The molecule has 0 bridgehead atoms. The van der Waals surface area contributed by atoms with Gasteiger partial charge in [-0.1, -0.05) is 52.5 Å². The molecule has 1 aromatic rings. The number of hydrogen-bond donors (Lipinski definition) is 0. The molecule has 0 fully saturated rings. The van der Waals surface area contributed by atoms with Gasteiger partial charge in [-0.15, -0.1) is 0 Å². The van der Waals surface area contributed by atoms with Crippen LogP contribution in [-0.2, 0) is 11.8 Å². The second kappa shape index (κ2) is 5.03. The first kappa shape index (κ1) is 13.3. The van der Waals surface area contributed by atoms with E-state index < -0.39 is 0 Å². The fraction of sp³-hybridized carbons (Fsp3) is 0.625. The van der Waals surface area contributed by atoms with E-state index in [1.165, 1.54) is 25.7 Å². The first-order chi connectivity index (χ1) is 7.20. The normalized spacial score (nSPS) is 23.8. The average Bonchev–Trinajstić information content (AvgIpc) is 2.28. The summed E-state index contributed by atoms with van der Waals surface area (Å²) in [6.07, 6.45) is 5.30. The van der Waals surface area contributed by atoms with Gasteiger partial charge < -0.3 is 0 Å². The molecular weight excluding hydrogens is 192 g/mol. The first-order valence-electron chi connectivity index (χ1n) is 6.29. The predicted octanol–water partition coefficient (Wildman–Crippen LogP) is 4.96. The summed E-state index contributed by atoms with van der Waals surface area (Å²) in [5, 5.41) is 0. The van der Waals surface area contributed by atoms with Gasteiger partial charge in [0.05, 0.1) is 0 Å². The van der Waals surface area contributed by atoms with Crippen LogP contribution in [0.5, 0.6) is 0 Å². The fourth-order valence-electron chi connectivity index (χ4n) is 3.33. The van der Waals surface area contributed by atoms with Crippen molar-refractivity contribution in [3.8, 4) is 0 Å². The van der Waals surface area contributed by atoms with E-state index in [-0.39, 0.29) is 7.43 Å². The van der Waals surface area contributed by atoms with Gasteiger partial charge in [0, 0.05) is 0 Å². The minimum Gasteiger partial charge on any atom is -0.0776 e. The smallest absolute Gasteiger partial charge is 0.00238 e. The van der Waals surface area contributed by atoms with E-state index in [2.05, 4.69) is 45.0 Å². The molecule has 0 aromatic heterocycles. The van der Waals surface area contributed by atoms with E-state index in [1.54, 1.807) is 11.1 Å². The lowest BCUT2D eigenvalue weighted by Gasteiger charge is -2.42. The lowest BCUT2D eigenvalue weighted by atomic mass is 9.62. The van der Waals surface area contributed by atoms with E-state index in [0.717, 1.165) is 5.92 Å². The maximum atomic E-state index is 2.38. The summed E-state index contributed by atoms with van der Waals surface area (Å²) in [6.45, 7) is 7.11. The molecule has 16 heavy (non-hydrogen) atoms. The van der Waals surface area contributed by atoms with Crippen LogP contribution in [0.3, 0.4) is 0 Å². The molecule has 1 aromatic carbocycles. The average molecular weight is 218 g/mol. The highest BCUT2D eigenvalue weighted by molar-refractivity contribution is 5.37. The summed E-state index contributed by atoms with van der Waals surface area (Å²) in [5.41, 5.74) is 3.68. The maximum absolute atomic E-state index is 2.38. The SMILES string of the molecule is C.CCC1(C(C)C)CCCc2ccccc21. The number of hydrogen-bond acceptors (Lipinski definition) is 0. The van der Waals surface area contributed by atoms with Crippen molar-refractivity contribution in [2.45, 2.75) is 59.3 Å². The summed E-state index contributed by atoms with van der Waals surface area (Å²) < 4.78 is 0. The third-order valence-corrected chi connectivity index (χ3v) is 4.36. The molecule has 1 aliphatic rings. The van der Waals surface area contributed by atoms with Gasteiger partial charge in [0.1, 0.15) is 0 Å². The molecular formula is C16H26. The quantitative estimate of drug-likeness (QED) is 0.658. The number of benzene rings is 1. The van der Waals surface area contributed by atoms with Gasteiger partial charge >= 0.3 is 0 Å². The van der Waals surface area contributed by atoms with Crippen molar-refractivity contribution < 1.29 is 0 Å². The van der Waals surface area contributed by atoms with Crippen LogP contribution >= 0.6 is 0 Å². The third kappa shape index (κ3) is 1.90. The standard InChI is InChI=1S/C15H22.CH4/c1-4-15(12(2)3)11-7-9-13-8-5-6-10-14(13)15;/h5-6,8,10,12H,4,7,9,11H2,1-3H3;1H4.